The first-order valence-corrected chi connectivity index (χ1v) is 10.4. The predicted molar refractivity (Wildman–Crippen MR) is 117 cm³/mol. The quantitative estimate of drug-likeness (QED) is 0.532. The van der Waals surface area contributed by atoms with Gasteiger partial charge in [0.05, 0.1) is 11.1 Å². The number of benzene rings is 2. The molecule has 0 spiro atoms. The van der Waals surface area contributed by atoms with Gasteiger partial charge in [-0.3, -0.25) is 4.79 Å². The van der Waals surface area contributed by atoms with Crippen LogP contribution in [0.4, 0.5) is 5.69 Å². The lowest BCUT2D eigenvalue weighted by Crippen LogP contribution is -2.24. The number of hydrogen-bond acceptors (Lipinski definition) is 4. The monoisotopic (exact) mass is 448 g/mol. The summed E-state index contributed by atoms with van der Waals surface area (Å²) in [4.78, 5) is 12.2. The third-order valence-electron chi connectivity index (χ3n) is 4.32. The molecule has 0 heterocycles. The van der Waals surface area contributed by atoms with Gasteiger partial charge in [-0.2, -0.15) is 0 Å². The van der Waals surface area contributed by atoms with Crippen molar-refractivity contribution in [3.8, 4) is 11.5 Å². The molecule has 1 atom stereocenters. The molecule has 0 aliphatic rings. The summed E-state index contributed by atoms with van der Waals surface area (Å²) in [5.41, 5.74) is 2.98. The first-order chi connectivity index (χ1) is 13.4. The van der Waals surface area contributed by atoms with Crippen LogP contribution >= 0.6 is 15.9 Å². The Morgan fingerprint density at radius 1 is 1.14 bits per heavy atom. The van der Waals surface area contributed by atoms with Gasteiger partial charge in [-0.05, 0) is 73.0 Å². The number of anilines is 1. The molecule has 0 saturated heterocycles. The number of halogens is 1. The van der Waals surface area contributed by atoms with Crippen LogP contribution in [0.15, 0.2) is 40.9 Å². The summed E-state index contributed by atoms with van der Waals surface area (Å²) in [5.74, 6) is 0.940. The molecule has 0 aromatic heterocycles. The van der Waals surface area contributed by atoms with Crippen molar-refractivity contribution in [3.63, 3.8) is 0 Å². The van der Waals surface area contributed by atoms with Crippen LogP contribution in [-0.2, 0) is 11.3 Å². The van der Waals surface area contributed by atoms with E-state index in [0.29, 0.717) is 24.1 Å². The molecule has 0 fully saturated rings. The van der Waals surface area contributed by atoms with Crippen LogP contribution in [0.1, 0.15) is 38.3 Å². The zero-order chi connectivity index (χ0) is 20.5. The van der Waals surface area contributed by atoms with Crippen LogP contribution in [0.5, 0.6) is 11.5 Å². The highest BCUT2D eigenvalue weighted by Gasteiger charge is 2.14. The van der Waals surface area contributed by atoms with Gasteiger partial charge in [0.1, 0.15) is 0 Å². The van der Waals surface area contributed by atoms with Gasteiger partial charge < -0.3 is 20.1 Å². The summed E-state index contributed by atoms with van der Waals surface area (Å²) < 4.78 is 12.3. The van der Waals surface area contributed by atoms with Crippen LogP contribution < -0.4 is 20.1 Å². The average molecular weight is 449 g/mol. The molecule has 0 aliphatic heterocycles. The standard InChI is InChI=1S/C22H29BrN2O3/c1-5-16(4)24-13-17-11-19(23)22(20(12-17)27-6-2)28-14-21(26)25-18-9-7-15(3)8-10-18/h7-12,16,24H,5-6,13-14H2,1-4H3,(H,25,26)/t16-/m0/s1. The summed E-state index contributed by atoms with van der Waals surface area (Å²) in [6, 6.07) is 12.0. The number of carbonyl (C=O) groups is 1. The highest BCUT2D eigenvalue weighted by atomic mass is 79.9. The highest BCUT2D eigenvalue weighted by molar-refractivity contribution is 9.10. The zero-order valence-corrected chi connectivity index (χ0v) is 18.6. The van der Waals surface area contributed by atoms with E-state index in [2.05, 4.69) is 40.4 Å². The predicted octanol–water partition coefficient (Wildman–Crippen LogP) is 5.06. The van der Waals surface area contributed by atoms with Crippen molar-refractivity contribution in [2.75, 3.05) is 18.5 Å². The summed E-state index contributed by atoms with van der Waals surface area (Å²) in [5, 5.41) is 6.30. The summed E-state index contributed by atoms with van der Waals surface area (Å²) >= 11 is 3.55. The number of amides is 1. The lowest BCUT2D eigenvalue weighted by atomic mass is 10.1. The Labute approximate surface area is 175 Å². The lowest BCUT2D eigenvalue weighted by molar-refractivity contribution is -0.118. The number of nitrogens with one attached hydrogen (secondary N) is 2. The Morgan fingerprint density at radius 3 is 2.50 bits per heavy atom. The maximum Gasteiger partial charge on any atom is 0.262 e. The van der Waals surface area contributed by atoms with Crippen molar-refractivity contribution in [2.24, 2.45) is 0 Å². The second-order valence-electron chi connectivity index (χ2n) is 6.73. The number of carbonyl (C=O) groups excluding carboxylic acids is 1. The molecule has 2 N–H and O–H groups in total. The summed E-state index contributed by atoms with van der Waals surface area (Å²) in [7, 11) is 0. The molecular weight excluding hydrogens is 420 g/mol. The van der Waals surface area contributed by atoms with Crippen molar-refractivity contribution in [1.82, 2.24) is 5.32 Å². The van der Waals surface area contributed by atoms with E-state index in [9.17, 15) is 4.79 Å². The molecule has 1 amide bonds. The molecule has 152 valence electrons. The molecule has 0 unspecified atom stereocenters. The van der Waals surface area contributed by atoms with Gasteiger partial charge in [-0.25, -0.2) is 0 Å². The number of aryl methyl sites for hydroxylation is 1. The van der Waals surface area contributed by atoms with E-state index in [1.165, 1.54) is 0 Å². The second kappa shape index (κ2) is 11.1. The first kappa shape index (κ1) is 22.2. The average Bonchev–Trinajstić information content (AvgIpc) is 2.67. The normalized spacial score (nSPS) is 11.8. The van der Waals surface area contributed by atoms with Crippen molar-refractivity contribution >= 4 is 27.5 Å². The molecule has 2 rings (SSSR count). The van der Waals surface area contributed by atoms with Gasteiger partial charge in [0, 0.05) is 18.3 Å². The Morgan fingerprint density at radius 2 is 1.86 bits per heavy atom. The second-order valence-corrected chi connectivity index (χ2v) is 7.59. The van der Waals surface area contributed by atoms with Gasteiger partial charge in [0.2, 0.25) is 0 Å². The Balaban J connectivity index is 2.04. The fourth-order valence-electron chi connectivity index (χ4n) is 2.53. The summed E-state index contributed by atoms with van der Waals surface area (Å²) in [6.07, 6.45) is 1.07. The largest absolute Gasteiger partial charge is 0.490 e. The van der Waals surface area contributed by atoms with E-state index in [1.54, 1.807) is 0 Å². The minimum Gasteiger partial charge on any atom is -0.490 e. The van der Waals surface area contributed by atoms with Crippen LogP contribution in [0.2, 0.25) is 0 Å². The fourth-order valence-corrected chi connectivity index (χ4v) is 3.14. The number of ether oxygens (including phenoxy) is 2. The number of hydrogen-bond donors (Lipinski definition) is 2. The molecule has 2 aromatic carbocycles. The van der Waals surface area contributed by atoms with Gasteiger partial charge in [0.15, 0.2) is 18.1 Å². The third-order valence-corrected chi connectivity index (χ3v) is 4.91. The van der Waals surface area contributed by atoms with Gasteiger partial charge >= 0.3 is 0 Å². The smallest absolute Gasteiger partial charge is 0.262 e. The van der Waals surface area contributed by atoms with Crippen molar-refractivity contribution < 1.29 is 14.3 Å². The molecule has 2 aromatic rings. The fraction of sp³-hybridized carbons (Fsp3) is 0.409. The molecule has 0 aliphatic carbocycles. The van der Waals surface area contributed by atoms with Crippen LogP contribution in [0.25, 0.3) is 0 Å². The molecule has 28 heavy (non-hydrogen) atoms. The van der Waals surface area contributed by atoms with E-state index in [-0.39, 0.29) is 12.5 Å². The topological polar surface area (TPSA) is 59.6 Å². The van der Waals surface area contributed by atoms with Gasteiger partial charge in [0.25, 0.3) is 5.91 Å². The minimum absolute atomic E-state index is 0.100. The Hall–Kier alpha value is -2.05. The molecular formula is C22H29BrN2O3. The van der Waals surface area contributed by atoms with Crippen LogP contribution in [-0.4, -0.2) is 25.2 Å². The van der Waals surface area contributed by atoms with E-state index in [4.69, 9.17) is 9.47 Å². The van der Waals surface area contributed by atoms with Crippen molar-refractivity contribution in [1.29, 1.82) is 0 Å². The van der Waals surface area contributed by atoms with E-state index >= 15 is 0 Å². The third kappa shape index (κ3) is 6.84. The van der Waals surface area contributed by atoms with E-state index < -0.39 is 0 Å². The maximum atomic E-state index is 12.2. The molecule has 6 heteroatoms. The Bertz CT molecular complexity index is 778. The SMILES string of the molecule is CCOc1cc(CN[C@@H](C)CC)cc(Br)c1OCC(=O)Nc1ccc(C)cc1. The van der Waals surface area contributed by atoms with Gasteiger partial charge in [-0.15, -0.1) is 0 Å². The minimum atomic E-state index is -0.222. The highest BCUT2D eigenvalue weighted by Crippen LogP contribution is 2.37. The van der Waals surface area contributed by atoms with Gasteiger partial charge in [-0.1, -0.05) is 24.6 Å². The number of rotatable bonds is 10. The molecule has 0 bridgehead atoms. The van der Waals surface area contributed by atoms with E-state index in [0.717, 1.165) is 34.3 Å². The summed E-state index contributed by atoms with van der Waals surface area (Å²) in [6.45, 7) is 9.38. The maximum absolute atomic E-state index is 12.2. The van der Waals surface area contributed by atoms with Crippen LogP contribution in [0.3, 0.4) is 0 Å². The molecule has 0 saturated carbocycles. The zero-order valence-electron chi connectivity index (χ0n) is 17.0. The van der Waals surface area contributed by atoms with E-state index in [1.807, 2.05) is 50.2 Å². The van der Waals surface area contributed by atoms with Crippen molar-refractivity contribution in [2.45, 2.75) is 46.7 Å². The molecule has 0 radical (unpaired) electrons. The first-order valence-electron chi connectivity index (χ1n) is 9.60. The van der Waals surface area contributed by atoms with Crippen molar-refractivity contribution in [3.05, 3.63) is 52.0 Å². The lowest BCUT2D eigenvalue weighted by Gasteiger charge is -2.17. The molecule has 5 nitrogen and oxygen atoms in total. The van der Waals surface area contributed by atoms with Crippen LogP contribution in [0, 0.1) is 6.92 Å². The Kier molecular flexibility index (Phi) is 8.80.